The van der Waals surface area contributed by atoms with Crippen molar-refractivity contribution in [3.05, 3.63) is 10.2 Å². The van der Waals surface area contributed by atoms with Crippen LogP contribution in [0.4, 0.5) is 26.3 Å². The van der Waals surface area contributed by atoms with E-state index in [1.54, 1.807) is 0 Å². The molecule has 12 heavy (non-hydrogen) atoms. The zero-order chi connectivity index (χ0) is 9.99. The maximum absolute atomic E-state index is 12.1. The highest BCUT2D eigenvalue weighted by molar-refractivity contribution is 14.1. The number of halogens is 7. The minimum absolute atomic E-state index is 0.133. The van der Waals surface area contributed by atoms with Gasteiger partial charge in [-0.2, -0.15) is 22.0 Å². The first-order valence-electron chi connectivity index (χ1n) is 2.58. The third-order valence-electron chi connectivity index (χ3n) is 0.911. The molecular formula is C5H3F6I. The molecule has 1 unspecified atom stereocenters. The molecule has 72 valence electrons. The zero-order valence-corrected chi connectivity index (χ0v) is 7.54. The first-order chi connectivity index (χ1) is 5.22. The highest BCUT2D eigenvalue weighted by Crippen LogP contribution is 2.35. The van der Waals surface area contributed by atoms with E-state index in [2.05, 4.69) is 0 Å². The van der Waals surface area contributed by atoms with Gasteiger partial charge in [-0.05, 0) is 10.2 Å². The quantitative estimate of drug-likeness (QED) is 0.541. The lowest BCUT2D eigenvalue weighted by Crippen LogP contribution is -2.40. The Labute approximate surface area is 77.8 Å². The molecule has 0 aliphatic heterocycles. The van der Waals surface area contributed by atoms with E-state index in [4.69, 9.17) is 0 Å². The van der Waals surface area contributed by atoms with E-state index in [9.17, 15) is 26.3 Å². The third-order valence-corrected chi connectivity index (χ3v) is 1.27. The molecule has 0 amide bonds. The molecule has 0 radical (unpaired) electrons. The molecule has 0 aliphatic carbocycles. The van der Waals surface area contributed by atoms with Crippen molar-refractivity contribution in [3.63, 3.8) is 0 Å². The fourth-order valence-corrected chi connectivity index (χ4v) is 0.866. The smallest absolute Gasteiger partial charge is 0.230 e. The Kier molecular flexibility index (Phi) is 3.86. The van der Waals surface area contributed by atoms with Gasteiger partial charge in [-0.3, -0.25) is 0 Å². The second-order valence-corrected chi connectivity index (χ2v) is 2.59. The van der Waals surface area contributed by atoms with Crippen LogP contribution in [0.15, 0.2) is 10.2 Å². The molecule has 0 heterocycles. The lowest BCUT2D eigenvalue weighted by molar-refractivity contribution is -0.230. The minimum Gasteiger partial charge on any atom is -0.230 e. The molecule has 0 N–H and O–H groups in total. The average molecular weight is 304 g/mol. The Bertz CT molecular complexity index is 171. The number of hydrogen-bond acceptors (Lipinski definition) is 0. The molecule has 0 rings (SSSR count). The van der Waals surface area contributed by atoms with Crippen LogP contribution in [0.25, 0.3) is 0 Å². The van der Waals surface area contributed by atoms with Crippen LogP contribution in [-0.4, -0.2) is 18.3 Å². The van der Waals surface area contributed by atoms with Gasteiger partial charge in [0.25, 0.3) is 6.17 Å². The molecule has 0 aliphatic rings. The van der Waals surface area contributed by atoms with Crippen molar-refractivity contribution in [1.82, 2.24) is 0 Å². The fourth-order valence-electron chi connectivity index (χ4n) is 0.387. The van der Waals surface area contributed by atoms with E-state index in [-0.39, 0.29) is 6.08 Å². The maximum Gasteiger partial charge on any atom is 0.426 e. The maximum atomic E-state index is 12.1. The third kappa shape index (κ3) is 3.20. The molecular weight excluding hydrogens is 301 g/mol. The van der Waals surface area contributed by atoms with Gasteiger partial charge in [0.05, 0.1) is 0 Å². The van der Waals surface area contributed by atoms with Gasteiger partial charge in [0.2, 0.25) is 0 Å². The monoisotopic (exact) mass is 304 g/mol. The molecule has 0 aromatic rings. The summed E-state index contributed by atoms with van der Waals surface area (Å²) in [6.45, 7) is 0. The Hall–Kier alpha value is 0.0500. The van der Waals surface area contributed by atoms with Gasteiger partial charge >= 0.3 is 12.1 Å². The van der Waals surface area contributed by atoms with Gasteiger partial charge in [-0.1, -0.05) is 22.6 Å². The van der Waals surface area contributed by atoms with Crippen molar-refractivity contribution in [3.8, 4) is 0 Å². The second kappa shape index (κ2) is 3.84. The number of hydrogen-bond donors (Lipinski definition) is 0. The summed E-state index contributed by atoms with van der Waals surface area (Å²) in [6, 6.07) is 0. The van der Waals surface area contributed by atoms with Crippen molar-refractivity contribution in [1.29, 1.82) is 0 Å². The zero-order valence-electron chi connectivity index (χ0n) is 5.38. The van der Waals surface area contributed by atoms with Gasteiger partial charge in [0, 0.05) is 0 Å². The Balaban J connectivity index is 4.56. The highest BCUT2D eigenvalue weighted by Gasteiger charge is 2.55. The van der Waals surface area contributed by atoms with Crippen LogP contribution in [-0.2, 0) is 0 Å². The van der Waals surface area contributed by atoms with Crippen molar-refractivity contribution in [2.45, 2.75) is 18.3 Å². The summed E-state index contributed by atoms with van der Waals surface area (Å²) in [4.78, 5) is 0. The molecule has 0 saturated heterocycles. The van der Waals surface area contributed by atoms with Crippen LogP contribution in [0.2, 0.25) is 0 Å². The van der Waals surface area contributed by atoms with E-state index < -0.39 is 18.3 Å². The van der Waals surface area contributed by atoms with E-state index >= 15 is 0 Å². The van der Waals surface area contributed by atoms with Gasteiger partial charge < -0.3 is 0 Å². The molecule has 0 fully saturated rings. The van der Waals surface area contributed by atoms with E-state index in [1.807, 2.05) is 0 Å². The van der Waals surface area contributed by atoms with Crippen LogP contribution in [0, 0.1) is 0 Å². The topological polar surface area (TPSA) is 0 Å². The number of allylic oxidation sites excluding steroid dienone is 1. The van der Waals surface area contributed by atoms with Crippen molar-refractivity contribution >= 4 is 22.6 Å². The Morgan fingerprint density at radius 2 is 1.50 bits per heavy atom. The lowest BCUT2D eigenvalue weighted by atomic mass is 10.2. The standard InChI is InChI=1S/C5H3F6I/c6-3(5(9,10)11)4(7,8)1-2-12/h1-3H. The summed E-state index contributed by atoms with van der Waals surface area (Å²) in [7, 11) is 0. The summed E-state index contributed by atoms with van der Waals surface area (Å²) in [5.74, 6) is -4.49. The molecule has 0 saturated carbocycles. The normalized spacial score (nSPS) is 16.9. The summed E-state index contributed by atoms with van der Waals surface area (Å²) in [5.41, 5.74) is 0. The highest BCUT2D eigenvalue weighted by atomic mass is 127. The molecule has 1 atom stereocenters. The number of alkyl halides is 6. The van der Waals surface area contributed by atoms with Crippen molar-refractivity contribution in [2.75, 3.05) is 0 Å². The molecule has 0 aromatic heterocycles. The first-order valence-corrected chi connectivity index (χ1v) is 3.83. The predicted molar refractivity (Wildman–Crippen MR) is 39.1 cm³/mol. The molecule has 7 heteroatoms. The van der Waals surface area contributed by atoms with Crippen LogP contribution < -0.4 is 0 Å². The SMILES string of the molecule is FC(C(F)(F)F)C(F)(F)C=CI. The van der Waals surface area contributed by atoms with E-state index in [0.717, 1.165) is 0 Å². The van der Waals surface area contributed by atoms with Crippen LogP contribution in [0.1, 0.15) is 0 Å². The van der Waals surface area contributed by atoms with E-state index in [0.29, 0.717) is 4.08 Å². The van der Waals surface area contributed by atoms with Gasteiger partial charge in [-0.25, -0.2) is 4.39 Å². The van der Waals surface area contributed by atoms with Crippen LogP contribution in [0.5, 0.6) is 0 Å². The van der Waals surface area contributed by atoms with Crippen molar-refractivity contribution < 1.29 is 26.3 Å². The average Bonchev–Trinajstić information content (AvgIpc) is 1.84. The Morgan fingerprint density at radius 1 is 1.08 bits per heavy atom. The summed E-state index contributed by atoms with van der Waals surface area (Å²) >= 11 is 1.28. The van der Waals surface area contributed by atoms with E-state index in [1.165, 1.54) is 22.6 Å². The van der Waals surface area contributed by atoms with Crippen molar-refractivity contribution in [2.24, 2.45) is 0 Å². The predicted octanol–water partition coefficient (Wildman–Crippen LogP) is 3.47. The molecule has 0 bridgehead atoms. The van der Waals surface area contributed by atoms with Gasteiger partial charge in [0.15, 0.2) is 0 Å². The van der Waals surface area contributed by atoms with Crippen LogP contribution in [0.3, 0.4) is 0 Å². The lowest BCUT2D eigenvalue weighted by Gasteiger charge is -2.18. The number of rotatable bonds is 2. The van der Waals surface area contributed by atoms with Gasteiger partial charge in [0.1, 0.15) is 0 Å². The Morgan fingerprint density at radius 3 is 1.75 bits per heavy atom. The minimum atomic E-state index is -5.53. The largest absolute Gasteiger partial charge is 0.426 e. The summed E-state index contributed by atoms with van der Waals surface area (Å²) < 4.78 is 71.0. The second-order valence-electron chi connectivity index (χ2n) is 1.87. The molecule has 0 aromatic carbocycles. The first kappa shape index (κ1) is 12.0. The summed E-state index contributed by atoms with van der Waals surface area (Å²) in [6.07, 6.45) is -9.80. The van der Waals surface area contributed by atoms with Crippen LogP contribution >= 0.6 is 22.6 Å². The fraction of sp³-hybridized carbons (Fsp3) is 0.600. The van der Waals surface area contributed by atoms with Gasteiger partial charge in [-0.15, -0.1) is 0 Å². The molecule has 0 nitrogen and oxygen atoms in total. The molecule has 0 spiro atoms. The summed E-state index contributed by atoms with van der Waals surface area (Å²) in [5, 5.41) is 0.